The maximum atomic E-state index is 9.20. The minimum Gasteiger partial charge on any atom is -0.384 e. The first kappa shape index (κ1) is 10.1. The predicted molar refractivity (Wildman–Crippen MR) is 53.2 cm³/mol. The maximum Gasteiger partial charge on any atom is 0.255 e. The predicted octanol–water partition coefficient (Wildman–Crippen LogP) is 1.84. The molecule has 0 saturated heterocycles. The van der Waals surface area contributed by atoms with E-state index >= 15 is 0 Å². The highest BCUT2D eigenvalue weighted by Gasteiger charge is 2.15. The van der Waals surface area contributed by atoms with E-state index in [2.05, 4.69) is 15.1 Å². The zero-order valence-corrected chi connectivity index (χ0v) is 8.64. The summed E-state index contributed by atoms with van der Waals surface area (Å²) in [7, 11) is 0. The fourth-order valence-electron chi connectivity index (χ4n) is 1.05. The second-order valence-corrected chi connectivity index (χ2v) is 3.37. The van der Waals surface area contributed by atoms with Crippen molar-refractivity contribution < 1.29 is 9.63 Å². The molecule has 1 N–H and O–H groups in total. The van der Waals surface area contributed by atoms with Crippen LogP contribution in [0.3, 0.4) is 0 Å². The van der Waals surface area contributed by atoms with Crippen LogP contribution in [0.2, 0.25) is 5.02 Å². The fourth-order valence-corrected chi connectivity index (χ4v) is 1.26. The molecular weight excluding hydrogens is 218 g/mol. The maximum absolute atomic E-state index is 9.20. The number of hydrogen-bond acceptors (Lipinski definition) is 5. The molecule has 0 spiro atoms. The number of halogens is 1. The standard InChI is InChI=1S/C9H8ClN3O2/c1-5(14)9-12-8(13-15-9)7-6(10)3-2-4-11-7/h2-5,14H,1H3. The molecule has 1 unspecified atom stereocenters. The van der Waals surface area contributed by atoms with Gasteiger partial charge in [0.2, 0.25) is 5.82 Å². The number of aliphatic hydroxyl groups excluding tert-OH is 1. The molecule has 15 heavy (non-hydrogen) atoms. The molecule has 0 amide bonds. The average Bonchev–Trinajstić information content (AvgIpc) is 2.67. The van der Waals surface area contributed by atoms with Gasteiger partial charge in [-0.1, -0.05) is 16.8 Å². The molecule has 2 aromatic heterocycles. The molecular formula is C9H8ClN3O2. The summed E-state index contributed by atoms with van der Waals surface area (Å²) in [5.74, 6) is 0.420. The minimum absolute atomic E-state index is 0.145. The van der Waals surface area contributed by atoms with E-state index in [1.807, 2.05) is 0 Å². The summed E-state index contributed by atoms with van der Waals surface area (Å²) in [5, 5.41) is 13.3. The van der Waals surface area contributed by atoms with Crippen molar-refractivity contribution >= 4 is 11.6 Å². The molecule has 2 heterocycles. The second kappa shape index (κ2) is 3.96. The molecule has 78 valence electrons. The molecule has 0 radical (unpaired) electrons. The Morgan fingerprint density at radius 1 is 1.53 bits per heavy atom. The molecule has 0 saturated carbocycles. The van der Waals surface area contributed by atoms with Gasteiger partial charge in [-0.2, -0.15) is 4.98 Å². The van der Waals surface area contributed by atoms with Crippen LogP contribution in [-0.4, -0.2) is 20.2 Å². The van der Waals surface area contributed by atoms with Gasteiger partial charge in [0, 0.05) is 6.20 Å². The first-order valence-corrected chi connectivity index (χ1v) is 4.69. The van der Waals surface area contributed by atoms with Crippen molar-refractivity contribution in [1.29, 1.82) is 0 Å². The van der Waals surface area contributed by atoms with Gasteiger partial charge in [0.05, 0.1) is 5.02 Å². The summed E-state index contributed by atoms with van der Waals surface area (Å²) < 4.78 is 4.83. The van der Waals surface area contributed by atoms with Crippen molar-refractivity contribution in [3.8, 4) is 11.5 Å². The Morgan fingerprint density at radius 2 is 2.33 bits per heavy atom. The van der Waals surface area contributed by atoms with Gasteiger partial charge >= 0.3 is 0 Å². The third-order valence-electron chi connectivity index (χ3n) is 1.77. The molecule has 2 aromatic rings. The van der Waals surface area contributed by atoms with Crippen LogP contribution < -0.4 is 0 Å². The number of pyridine rings is 1. The molecule has 0 aliphatic carbocycles. The summed E-state index contributed by atoms with van der Waals surface area (Å²) in [6.07, 6.45) is 0.785. The Balaban J connectivity index is 2.42. The summed E-state index contributed by atoms with van der Waals surface area (Å²) in [6, 6.07) is 3.39. The van der Waals surface area contributed by atoms with E-state index in [1.54, 1.807) is 18.3 Å². The van der Waals surface area contributed by atoms with E-state index in [4.69, 9.17) is 16.1 Å². The quantitative estimate of drug-likeness (QED) is 0.844. The van der Waals surface area contributed by atoms with Crippen molar-refractivity contribution in [2.45, 2.75) is 13.0 Å². The first-order valence-electron chi connectivity index (χ1n) is 4.31. The van der Waals surface area contributed by atoms with Gasteiger partial charge in [-0.3, -0.25) is 4.98 Å². The van der Waals surface area contributed by atoms with Crippen LogP contribution in [0, 0.1) is 0 Å². The van der Waals surface area contributed by atoms with E-state index in [0.717, 1.165) is 0 Å². The van der Waals surface area contributed by atoms with E-state index in [0.29, 0.717) is 10.7 Å². The zero-order chi connectivity index (χ0) is 10.8. The molecule has 0 aliphatic rings. The SMILES string of the molecule is CC(O)c1nc(-c2ncccc2Cl)no1. The van der Waals surface area contributed by atoms with Gasteiger partial charge in [0.15, 0.2) is 0 Å². The molecule has 0 fully saturated rings. The van der Waals surface area contributed by atoms with Crippen LogP contribution in [0.25, 0.3) is 11.5 Å². The van der Waals surface area contributed by atoms with Crippen LogP contribution in [0.5, 0.6) is 0 Å². The lowest BCUT2D eigenvalue weighted by Crippen LogP contribution is -1.91. The molecule has 0 aliphatic heterocycles. The molecule has 2 rings (SSSR count). The van der Waals surface area contributed by atoms with Gasteiger partial charge in [0.1, 0.15) is 11.8 Å². The topological polar surface area (TPSA) is 72.0 Å². The lowest BCUT2D eigenvalue weighted by atomic mass is 10.3. The van der Waals surface area contributed by atoms with E-state index in [9.17, 15) is 5.11 Å². The summed E-state index contributed by atoms with van der Waals surface area (Å²) in [4.78, 5) is 7.99. The van der Waals surface area contributed by atoms with Crippen molar-refractivity contribution in [1.82, 2.24) is 15.1 Å². The average molecular weight is 226 g/mol. The molecule has 6 heteroatoms. The number of hydrogen-bond donors (Lipinski definition) is 1. The molecule has 1 atom stereocenters. The van der Waals surface area contributed by atoms with Crippen molar-refractivity contribution in [3.05, 3.63) is 29.2 Å². The Hall–Kier alpha value is -1.46. The third-order valence-corrected chi connectivity index (χ3v) is 2.07. The van der Waals surface area contributed by atoms with Crippen LogP contribution >= 0.6 is 11.6 Å². The van der Waals surface area contributed by atoms with E-state index in [-0.39, 0.29) is 11.7 Å². The largest absolute Gasteiger partial charge is 0.384 e. The monoisotopic (exact) mass is 225 g/mol. The highest BCUT2D eigenvalue weighted by Crippen LogP contribution is 2.23. The first-order chi connectivity index (χ1) is 7.18. The number of nitrogens with zero attached hydrogens (tertiary/aromatic N) is 3. The lowest BCUT2D eigenvalue weighted by molar-refractivity contribution is 0.152. The summed E-state index contributed by atoms with van der Waals surface area (Å²) in [5.41, 5.74) is 0.440. The van der Waals surface area contributed by atoms with E-state index < -0.39 is 6.10 Å². The van der Waals surface area contributed by atoms with Gasteiger partial charge in [0.25, 0.3) is 5.89 Å². The Kier molecular flexibility index (Phi) is 2.66. The Bertz CT molecular complexity index is 470. The van der Waals surface area contributed by atoms with Crippen LogP contribution in [0.4, 0.5) is 0 Å². The molecule has 0 bridgehead atoms. The third kappa shape index (κ3) is 1.98. The smallest absolute Gasteiger partial charge is 0.255 e. The van der Waals surface area contributed by atoms with Crippen molar-refractivity contribution in [2.75, 3.05) is 0 Å². The molecule has 5 nitrogen and oxygen atoms in total. The van der Waals surface area contributed by atoms with Gasteiger partial charge < -0.3 is 9.63 Å². The minimum atomic E-state index is -0.797. The van der Waals surface area contributed by atoms with Gasteiger partial charge in [-0.25, -0.2) is 0 Å². The van der Waals surface area contributed by atoms with Gasteiger partial charge in [-0.15, -0.1) is 0 Å². The number of aromatic nitrogens is 3. The number of rotatable bonds is 2. The van der Waals surface area contributed by atoms with Crippen LogP contribution in [-0.2, 0) is 0 Å². The lowest BCUT2D eigenvalue weighted by Gasteiger charge is -1.95. The Morgan fingerprint density at radius 3 is 2.93 bits per heavy atom. The second-order valence-electron chi connectivity index (χ2n) is 2.97. The molecule has 0 aromatic carbocycles. The van der Waals surface area contributed by atoms with Gasteiger partial charge in [-0.05, 0) is 19.1 Å². The zero-order valence-electron chi connectivity index (χ0n) is 7.88. The van der Waals surface area contributed by atoms with E-state index in [1.165, 1.54) is 6.92 Å². The van der Waals surface area contributed by atoms with Crippen LogP contribution in [0.15, 0.2) is 22.9 Å². The highest BCUT2D eigenvalue weighted by atomic mass is 35.5. The fraction of sp³-hybridized carbons (Fsp3) is 0.222. The summed E-state index contributed by atoms with van der Waals surface area (Å²) >= 11 is 5.90. The van der Waals surface area contributed by atoms with Crippen LogP contribution in [0.1, 0.15) is 18.9 Å². The number of aliphatic hydroxyl groups is 1. The normalized spacial score (nSPS) is 12.7. The van der Waals surface area contributed by atoms with Crippen molar-refractivity contribution in [2.24, 2.45) is 0 Å². The van der Waals surface area contributed by atoms with Crippen molar-refractivity contribution in [3.63, 3.8) is 0 Å². The highest BCUT2D eigenvalue weighted by molar-refractivity contribution is 6.32. The summed E-state index contributed by atoms with van der Waals surface area (Å²) in [6.45, 7) is 1.54. The Labute approximate surface area is 90.7 Å².